The predicted molar refractivity (Wildman–Crippen MR) is 107 cm³/mol. The molecule has 0 unspecified atom stereocenters. The van der Waals surface area contributed by atoms with Gasteiger partial charge in [-0.3, -0.25) is 14.9 Å². The van der Waals surface area contributed by atoms with E-state index < -0.39 is 27.7 Å². The molecule has 1 aliphatic heterocycles. The average molecular weight is 415 g/mol. The zero-order valence-electron chi connectivity index (χ0n) is 16.0. The number of carboxylic acid groups (broad SMARTS) is 1. The monoisotopic (exact) mass is 415 g/mol. The van der Waals surface area contributed by atoms with Gasteiger partial charge in [0.1, 0.15) is 17.1 Å². The van der Waals surface area contributed by atoms with Crippen LogP contribution in [-0.4, -0.2) is 51.3 Å². The van der Waals surface area contributed by atoms with Crippen LogP contribution >= 0.6 is 0 Å². The molecule has 0 spiro atoms. The summed E-state index contributed by atoms with van der Waals surface area (Å²) in [5.41, 5.74) is -1.21. The van der Waals surface area contributed by atoms with E-state index in [4.69, 9.17) is 0 Å². The van der Waals surface area contributed by atoms with Crippen LogP contribution in [0, 0.1) is 15.9 Å². The lowest BCUT2D eigenvalue weighted by atomic mass is 10.1. The van der Waals surface area contributed by atoms with Crippen LogP contribution in [0.3, 0.4) is 0 Å². The fourth-order valence-electron chi connectivity index (χ4n) is 3.72. The normalized spacial score (nSPS) is 14.3. The Morgan fingerprint density at radius 3 is 2.53 bits per heavy atom. The van der Waals surface area contributed by atoms with Crippen LogP contribution in [0.2, 0.25) is 0 Å². The second-order valence-corrected chi connectivity index (χ2v) is 7.06. The van der Waals surface area contributed by atoms with Gasteiger partial charge in [-0.15, -0.1) is 0 Å². The largest absolute Gasteiger partial charge is 0.477 e. The van der Waals surface area contributed by atoms with Crippen LogP contribution in [0.15, 0.2) is 35.5 Å². The molecule has 0 bridgehead atoms. The van der Waals surface area contributed by atoms with Crippen molar-refractivity contribution in [1.82, 2.24) is 14.5 Å². The Kier molecular flexibility index (Phi) is 4.74. The number of pyridine rings is 1. The fraction of sp³-hybridized carbons (Fsp3) is 0.263. The number of fused-ring (bicyclic) bond motifs is 1. The lowest BCUT2D eigenvalue weighted by Crippen LogP contribution is -2.43. The third-order valence-electron chi connectivity index (χ3n) is 5.13. The van der Waals surface area contributed by atoms with E-state index >= 15 is 0 Å². The van der Waals surface area contributed by atoms with E-state index in [0.717, 1.165) is 12.3 Å². The number of aromatic nitrogens is 2. The minimum atomic E-state index is -1.50. The molecular formula is C19H18FN5O5. The van der Waals surface area contributed by atoms with Crippen LogP contribution in [0.5, 0.6) is 0 Å². The van der Waals surface area contributed by atoms with E-state index in [1.54, 1.807) is 7.05 Å². The van der Waals surface area contributed by atoms with Crippen molar-refractivity contribution in [3.05, 3.63) is 62.4 Å². The summed E-state index contributed by atoms with van der Waals surface area (Å²) in [7, 11) is 1.59. The smallest absolute Gasteiger partial charge is 0.341 e. The summed E-state index contributed by atoms with van der Waals surface area (Å²) >= 11 is 0. The van der Waals surface area contributed by atoms with Crippen LogP contribution < -0.4 is 15.6 Å². The molecular weight excluding hydrogens is 397 g/mol. The van der Waals surface area contributed by atoms with Gasteiger partial charge in [-0.05, 0) is 12.1 Å². The van der Waals surface area contributed by atoms with Crippen molar-refractivity contribution < 1.29 is 19.2 Å². The van der Waals surface area contributed by atoms with Crippen LogP contribution in [0.1, 0.15) is 10.4 Å². The van der Waals surface area contributed by atoms with Gasteiger partial charge in [-0.1, -0.05) is 0 Å². The lowest BCUT2D eigenvalue weighted by molar-refractivity contribution is -0.384. The van der Waals surface area contributed by atoms with Gasteiger partial charge in [0.2, 0.25) is 5.43 Å². The number of anilines is 1. The minimum Gasteiger partial charge on any atom is -0.477 e. The van der Waals surface area contributed by atoms with E-state index in [1.165, 1.54) is 27.6 Å². The molecule has 2 N–H and O–H groups in total. The predicted octanol–water partition coefficient (Wildman–Crippen LogP) is 1.48. The summed E-state index contributed by atoms with van der Waals surface area (Å²) < 4.78 is 17.6. The average Bonchev–Trinajstić information content (AvgIpc) is 3.10. The van der Waals surface area contributed by atoms with Crippen molar-refractivity contribution in [2.24, 2.45) is 7.05 Å². The number of halogens is 1. The van der Waals surface area contributed by atoms with E-state index in [1.807, 2.05) is 4.90 Å². The van der Waals surface area contributed by atoms with Gasteiger partial charge in [-0.25, -0.2) is 9.18 Å². The first-order valence-electron chi connectivity index (χ1n) is 9.16. The van der Waals surface area contributed by atoms with Crippen LogP contribution in [0.25, 0.3) is 16.6 Å². The second kappa shape index (κ2) is 7.26. The number of nitrogens with zero attached hydrogens (tertiary/aromatic N) is 4. The Morgan fingerprint density at radius 2 is 1.90 bits per heavy atom. The Balaban J connectivity index is 2.07. The highest BCUT2D eigenvalue weighted by Crippen LogP contribution is 2.30. The van der Waals surface area contributed by atoms with E-state index in [9.17, 15) is 29.2 Å². The topological polar surface area (TPSA) is 123 Å². The number of hydrogen-bond donors (Lipinski definition) is 2. The molecule has 4 rings (SSSR count). The fourth-order valence-corrected chi connectivity index (χ4v) is 3.72. The molecule has 2 aromatic heterocycles. The third-order valence-corrected chi connectivity index (χ3v) is 5.13. The molecule has 11 heteroatoms. The molecule has 0 atom stereocenters. The molecule has 0 radical (unpaired) electrons. The van der Waals surface area contributed by atoms with Crippen molar-refractivity contribution >= 4 is 28.2 Å². The minimum absolute atomic E-state index is 0.0767. The maximum absolute atomic E-state index is 14.9. The van der Waals surface area contributed by atoms with Gasteiger partial charge in [0.25, 0.3) is 0 Å². The summed E-state index contributed by atoms with van der Waals surface area (Å²) in [6.45, 7) is 2.41. The Morgan fingerprint density at radius 1 is 1.20 bits per heavy atom. The van der Waals surface area contributed by atoms with Gasteiger partial charge < -0.3 is 24.5 Å². The zero-order valence-corrected chi connectivity index (χ0v) is 16.0. The van der Waals surface area contributed by atoms with Crippen molar-refractivity contribution in [3.63, 3.8) is 0 Å². The van der Waals surface area contributed by atoms with E-state index in [2.05, 4.69) is 5.32 Å². The number of aromatic carboxylic acids is 1. The molecule has 3 aromatic rings. The van der Waals surface area contributed by atoms with Crippen LogP contribution in [-0.2, 0) is 7.05 Å². The highest BCUT2D eigenvalue weighted by Gasteiger charge is 2.24. The Labute approximate surface area is 168 Å². The number of carbonyl (C=O) groups is 1. The molecule has 1 fully saturated rings. The second-order valence-electron chi connectivity index (χ2n) is 7.06. The highest BCUT2D eigenvalue weighted by molar-refractivity contribution is 5.94. The third kappa shape index (κ3) is 3.18. The summed E-state index contributed by atoms with van der Waals surface area (Å²) in [6.07, 6.45) is 3.77. The molecule has 0 saturated carbocycles. The zero-order chi connectivity index (χ0) is 21.6. The number of nitrogens with one attached hydrogen (secondary N) is 1. The number of aryl methyl sites for hydroxylation is 1. The number of nitro groups is 1. The molecule has 1 saturated heterocycles. The Hall–Kier alpha value is -3.73. The van der Waals surface area contributed by atoms with Crippen molar-refractivity contribution in [2.75, 3.05) is 31.1 Å². The molecule has 1 aliphatic rings. The first-order valence-corrected chi connectivity index (χ1v) is 9.16. The maximum atomic E-state index is 14.9. The molecule has 1 aromatic carbocycles. The summed E-state index contributed by atoms with van der Waals surface area (Å²) in [6, 6.07) is 2.45. The highest BCUT2D eigenvalue weighted by atomic mass is 19.1. The number of rotatable bonds is 4. The van der Waals surface area contributed by atoms with Crippen LogP contribution in [0.4, 0.5) is 15.8 Å². The van der Waals surface area contributed by atoms with Gasteiger partial charge in [0.15, 0.2) is 0 Å². The first kappa shape index (κ1) is 19.6. The number of hydrogen-bond acceptors (Lipinski definition) is 6. The van der Waals surface area contributed by atoms with E-state index in [-0.39, 0.29) is 28.0 Å². The summed E-state index contributed by atoms with van der Waals surface area (Å²) in [5, 5.41) is 24.0. The van der Waals surface area contributed by atoms with Gasteiger partial charge in [-0.2, -0.15) is 0 Å². The van der Waals surface area contributed by atoms with Gasteiger partial charge in [0, 0.05) is 51.0 Å². The number of benzene rings is 1. The van der Waals surface area contributed by atoms with Crippen molar-refractivity contribution in [1.29, 1.82) is 0 Å². The molecule has 3 heterocycles. The van der Waals surface area contributed by atoms with Crippen molar-refractivity contribution in [3.8, 4) is 5.69 Å². The molecule has 0 amide bonds. The maximum Gasteiger partial charge on any atom is 0.341 e. The van der Waals surface area contributed by atoms with Gasteiger partial charge in [0.05, 0.1) is 22.3 Å². The number of carboxylic acids is 1. The lowest BCUT2D eigenvalue weighted by Gasteiger charge is -2.30. The quantitative estimate of drug-likeness (QED) is 0.489. The molecule has 10 nitrogen and oxygen atoms in total. The summed E-state index contributed by atoms with van der Waals surface area (Å²) in [4.78, 5) is 37.0. The SMILES string of the molecule is Cn1cc(-n2cc(C(=O)O)c(=O)c3cc(F)c(N4CCNCC4)cc32)c([N+](=O)[O-])c1. The standard InChI is InChI=1S/C19H18FN5O5/c1-22-9-16(17(10-22)25(29)30)24-8-12(19(27)28)18(26)11-6-13(20)15(7-14(11)24)23-4-2-21-3-5-23/h6-10,21H,2-5H2,1H3,(H,27,28). The Bertz CT molecular complexity index is 1240. The first-order chi connectivity index (χ1) is 14.3. The molecule has 0 aliphatic carbocycles. The van der Waals surface area contributed by atoms with E-state index in [0.29, 0.717) is 26.2 Å². The van der Waals surface area contributed by atoms with Crippen molar-refractivity contribution in [2.45, 2.75) is 0 Å². The summed E-state index contributed by atoms with van der Waals surface area (Å²) in [5.74, 6) is -2.15. The van der Waals surface area contributed by atoms with Gasteiger partial charge >= 0.3 is 11.7 Å². The molecule has 30 heavy (non-hydrogen) atoms. The molecule has 156 valence electrons. The number of piperazine rings is 1.